The van der Waals surface area contributed by atoms with Gasteiger partial charge in [0.05, 0.1) is 0 Å². The van der Waals surface area contributed by atoms with E-state index < -0.39 is 11.9 Å². The number of benzene rings is 1. The van der Waals surface area contributed by atoms with Crippen LogP contribution in [0.25, 0.3) is 0 Å². The highest BCUT2D eigenvalue weighted by Crippen LogP contribution is 2.42. The zero-order chi connectivity index (χ0) is 16.4. The number of hydrogen-bond acceptors (Lipinski definition) is 3. The summed E-state index contributed by atoms with van der Waals surface area (Å²) in [5, 5.41) is 2.85. The molecule has 2 amide bonds. The Labute approximate surface area is 136 Å². The summed E-state index contributed by atoms with van der Waals surface area (Å²) in [7, 11) is 0. The van der Waals surface area contributed by atoms with Crippen LogP contribution in [0.4, 0.5) is 0 Å². The third kappa shape index (κ3) is 3.39. The van der Waals surface area contributed by atoms with Gasteiger partial charge in [0.25, 0.3) is 0 Å². The van der Waals surface area contributed by atoms with Crippen LogP contribution in [0.15, 0.2) is 30.3 Å². The van der Waals surface area contributed by atoms with Gasteiger partial charge in [-0.05, 0) is 43.1 Å². The van der Waals surface area contributed by atoms with Crippen LogP contribution < -0.4 is 16.8 Å². The molecule has 0 saturated heterocycles. The van der Waals surface area contributed by atoms with Crippen LogP contribution in [-0.4, -0.2) is 17.9 Å². The zero-order valence-electron chi connectivity index (χ0n) is 13.3. The molecule has 5 nitrogen and oxygen atoms in total. The van der Waals surface area contributed by atoms with Gasteiger partial charge in [0.1, 0.15) is 6.04 Å². The summed E-state index contributed by atoms with van der Waals surface area (Å²) in [5.41, 5.74) is 12.5. The van der Waals surface area contributed by atoms with Gasteiger partial charge in [0.2, 0.25) is 11.8 Å². The van der Waals surface area contributed by atoms with Gasteiger partial charge in [0, 0.05) is 12.0 Å². The van der Waals surface area contributed by atoms with Crippen LogP contribution in [-0.2, 0) is 9.59 Å². The Morgan fingerprint density at radius 1 is 1.09 bits per heavy atom. The summed E-state index contributed by atoms with van der Waals surface area (Å²) in [6, 6.07) is 8.62. The van der Waals surface area contributed by atoms with E-state index in [0.717, 1.165) is 31.2 Å². The molecule has 5 N–H and O–H groups in total. The topological polar surface area (TPSA) is 98.2 Å². The monoisotopic (exact) mass is 315 g/mol. The van der Waals surface area contributed by atoms with Gasteiger partial charge in [0.15, 0.2) is 0 Å². The van der Waals surface area contributed by atoms with Gasteiger partial charge in [-0.15, -0.1) is 0 Å². The van der Waals surface area contributed by atoms with Gasteiger partial charge < -0.3 is 16.8 Å². The number of carbonyl (C=O) groups excluding carboxylic acids is 2. The number of rotatable bonds is 4. The van der Waals surface area contributed by atoms with Crippen LogP contribution in [0.3, 0.4) is 0 Å². The maximum atomic E-state index is 12.7. The van der Waals surface area contributed by atoms with E-state index in [1.165, 1.54) is 6.42 Å². The fraction of sp³-hybridized carbons (Fsp3) is 0.556. The molecule has 124 valence electrons. The number of hydrogen-bond donors (Lipinski definition) is 3. The number of amides is 2. The molecule has 2 aliphatic carbocycles. The lowest BCUT2D eigenvalue weighted by atomic mass is 9.65. The van der Waals surface area contributed by atoms with Crippen LogP contribution in [0.1, 0.15) is 43.7 Å². The second-order valence-electron chi connectivity index (χ2n) is 6.95. The summed E-state index contributed by atoms with van der Waals surface area (Å²) < 4.78 is 0. The molecule has 3 unspecified atom stereocenters. The average Bonchev–Trinajstić information content (AvgIpc) is 2.52. The molecule has 3 atom stereocenters. The van der Waals surface area contributed by atoms with Crippen molar-refractivity contribution in [1.29, 1.82) is 0 Å². The van der Waals surface area contributed by atoms with E-state index in [0.29, 0.717) is 11.8 Å². The van der Waals surface area contributed by atoms with Crippen LogP contribution in [0.2, 0.25) is 0 Å². The summed E-state index contributed by atoms with van der Waals surface area (Å²) in [5.74, 6) is 0.207. The molecule has 2 fully saturated rings. The first-order valence-corrected chi connectivity index (χ1v) is 8.46. The molecule has 0 aromatic heterocycles. The van der Waals surface area contributed by atoms with Crippen molar-refractivity contribution in [1.82, 2.24) is 5.32 Å². The van der Waals surface area contributed by atoms with E-state index in [4.69, 9.17) is 11.5 Å². The van der Waals surface area contributed by atoms with Crippen molar-refractivity contribution in [2.24, 2.45) is 29.2 Å². The first-order valence-electron chi connectivity index (χ1n) is 8.46. The number of primary amides is 1. The Hall–Kier alpha value is -1.88. The number of nitrogens with two attached hydrogens (primary N) is 2. The summed E-state index contributed by atoms with van der Waals surface area (Å²) in [6.45, 7) is 0. The van der Waals surface area contributed by atoms with Crippen molar-refractivity contribution < 1.29 is 9.59 Å². The predicted octanol–water partition coefficient (Wildman–Crippen LogP) is 1.48. The maximum absolute atomic E-state index is 12.7. The lowest BCUT2D eigenvalue weighted by Gasteiger charge is -2.43. The number of carbonyl (C=O) groups is 2. The Balaban J connectivity index is 1.69. The fourth-order valence-electron chi connectivity index (χ4n) is 4.23. The van der Waals surface area contributed by atoms with Gasteiger partial charge in [-0.1, -0.05) is 36.8 Å². The highest BCUT2D eigenvalue weighted by molar-refractivity contribution is 5.88. The number of fused-ring (bicyclic) bond motifs is 2. The van der Waals surface area contributed by atoms with Gasteiger partial charge in [-0.25, -0.2) is 0 Å². The van der Waals surface area contributed by atoms with E-state index >= 15 is 0 Å². The van der Waals surface area contributed by atoms with Gasteiger partial charge in [-0.2, -0.15) is 0 Å². The van der Waals surface area contributed by atoms with Crippen LogP contribution >= 0.6 is 0 Å². The largest absolute Gasteiger partial charge is 0.368 e. The molecular formula is C18H25N3O2. The fourth-order valence-corrected chi connectivity index (χ4v) is 4.23. The standard InChI is InChI=1S/C18H25N3O2/c19-15-12-7-4-8-13(15)10-14(9-12)18(23)21-16(17(20)22)11-5-2-1-3-6-11/h1-3,5-6,12-16H,4,7-10,19H2,(H2,20,22)(H,21,23). The average molecular weight is 315 g/mol. The first kappa shape index (κ1) is 16.0. The summed E-state index contributed by atoms with van der Waals surface area (Å²) in [6.07, 6.45) is 5.08. The highest BCUT2D eigenvalue weighted by Gasteiger charge is 2.41. The Morgan fingerprint density at radius 2 is 1.70 bits per heavy atom. The molecule has 0 aliphatic heterocycles. The smallest absolute Gasteiger partial charge is 0.244 e. The summed E-state index contributed by atoms with van der Waals surface area (Å²) in [4.78, 5) is 24.4. The third-order valence-electron chi connectivity index (χ3n) is 5.49. The van der Waals surface area contributed by atoms with Gasteiger partial charge >= 0.3 is 0 Å². The van der Waals surface area contributed by atoms with Crippen molar-refractivity contribution in [2.45, 2.75) is 44.2 Å². The molecule has 0 heterocycles. The van der Waals surface area contributed by atoms with E-state index in [-0.39, 0.29) is 17.9 Å². The molecule has 0 spiro atoms. The SMILES string of the molecule is NC(=O)C(NC(=O)C1CC2CCCC(C1)C2N)c1ccccc1. The minimum absolute atomic E-state index is 0.0596. The van der Waals surface area contributed by atoms with Crippen molar-refractivity contribution in [3.8, 4) is 0 Å². The van der Waals surface area contributed by atoms with Crippen molar-refractivity contribution in [3.05, 3.63) is 35.9 Å². The lowest BCUT2D eigenvalue weighted by molar-refractivity contribution is -0.132. The normalized spacial score (nSPS) is 31.2. The Kier molecular flexibility index (Phi) is 4.66. The molecule has 2 aliphatic rings. The Bertz CT molecular complexity index is 561. The molecule has 3 rings (SSSR count). The number of nitrogens with one attached hydrogen (secondary N) is 1. The molecule has 1 aromatic rings. The molecule has 2 saturated carbocycles. The molecule has 5 heteroatoms. The second kappa shape index (κ2) is 6.71. The van der Waals surface area contributed by atoms with Gasteiger partial charge in [-0.3, -0.25) is 9.59 Å². The van der Waals surface area contributed by atoms with Crippen molar-refractivity contribution in [3.63, 3.8) is 0 Å². The maximum Gasteiger partial charge on any atom is 0.244 e. The second-order valence-corrected chi connectivity index (χ2v) is 6.95. The lowest BCUT2D eigenvalue weighted by Crippen LogP contribution is -2.50. The zero-order valence-corrected chi connectivity index (χ0v) is 13.3. The predicted molar refractivity (Wildman–Crippen MR) is 88.1 cm³/mol. The molecule has 23 heavy (non-hydrogen) atoms. The van der Waals surface area contributed by atoms with E-state index in [9.17, 15) is 9.59 Å². The molecule has 1 aromatic carbocycles. The third-order valence-corrected chi connectivity index (χ3v) is 5.49. The van der Waals surface area contributed by atoms with Crippen molar-refractivity contribution in [2.75, 3.05) is 0 Å². The Morgan fingerprint density at radius 3 is 2.26 bits per heavy atom. The molecule has 0 radical (unpaired) electrons. The minimum atomic E-state index is -0.765. The highest BCUT2D eigenvalue weighted by atomic mass is 16.2. The molecule has 2 bridgehead atoms. The van der Waals surface area contributed by atoms with Crippen LogP contribution in [0, 0.1) is 17.8 Å². The van der Waals surface area contributed by atoms with E-state index in [1.807, 2.05) is 18.2 Å². The summed E-state index contributed by atoms with van der Waals surface area (Å²) >= 11 is 0. The quantitative estimate of drug-likeness (QED) is 0.785. The van der Waals surface area contributed by atoms with E-state index in [2.05, 4.69) is 5.32 Å². The van der Waals surface area contributed by atoms with Crippen molar-refractivity contribution >= 4 is 11.8 Å². The first-order chi connectivity index (χ1) is 11.1. The minimum Gasteiger partial charge on any atom is -0.368 e. The molecular weight excluding hydrogens is 290 g/mol. The van der Waals surface area contributed by atoms with E-state index in [1.54, 1.807) is 12.1 Å². The van der Waals surface area contributed by atoms with Crippen LogP contribution in [0.5, 0.6) is 0 Å².